The fraction of sp³-hybridized carbons (Fsp3) is 0.714. The number of amides is 2. The second kappa shape index (κ2) is 8.15. The van der Waals surface area contributed by atoms with Crippen LogP contribution in [-0.2, 0) is 9.59 Å². The topological polar surface area (TPSA) is 69.6 Å². The molecule has 7 nitrogen and oxygen atoms in total. The van der Waals surface area contributed by atoms with E-state index in [0.717, 1.165) is 70.7 Å². The third kappa shape index (κ3) is 3.77. The molecule has 1 saturated carbocycles. The number of rotatable bonds is 5. The van der Waals surface area contributed by atoms with Crippen LogP contribution in [-0.4, -0.2) is 63.9 Å². The van der Waals surface area contributed by atoms with E-state index in [1.807, 2.05) is 6.07 Å². The number of carbonyl (C=O) groups excluding carboxylic acids is 2. The third-order valence-corrected chi connectivity index (χ3v) is 6.67. The minimum atomic E-state index is -0.109. The van der Waals surface area contributed by atoms with Crippen molar-refractivity contribution in [3.05, 3.63) is 18.5 Å². The van der Waals surface area contributed by atoms with E-state index >= 15 is 0 Å². The number of likely N-dealkylation sites (tertiary alicyclic amines) is 1. The molecule has 1 aliphatic carbocycles. The molecule has 0 bridgehead atoms. The van der Waals surface area contributed by atoms with E-state index < -0.39 is 0 Å². The molecule has 3 heterocycles. The summed E-state index contributed by atoms with van der Waals surface area (Å²) in [6.07, 6.45) is 10.7. The van der Waals surface area contributed by atoms with Crippen molar-refractivity contribution < 1.29 is 9.59 Å². The number of nitrogens with zero attached hydrogens (tertiary/aromatic N) is 5. The standard InChI is InChI=1S/C21H31N5O2/c1-2-6-17(24-11-13-25(14-12-24)20-22-9-5-10-23-20)26-18(27)15-21(16-19(26)28)7-3-4-8-21/h5,9-10,17H,2-4,6-8,11-16H2,1H3. The summed E-state index contributed by atoms with van der Waals surface area (Å²) >= 11 is 0. The van der Waals surface area contributed by atoms with E-state index in [-0.39, 0.29) is 23.4 Å². The van der Waals surface area contributed by atoms with E-state index in [0.29, 0.717) is 12.8 Å². The molecule has 2 saturated heterocycles. The Balaban J connectivity index is 1.44. The zero-order valence-electron chi connectivity index (χ0n) is 16.8. The summed E-state index contributed by atoms with van der Waals surface area (Å²) in [6, 6.07) is 1.82. The van der Waals surface area contributed by atoms with Gasteiger partial charge in [0.2, 0.25) is 17.8 Å². The summed E-state index contributed by atoms with van der Waals surface area (Å²) in [6.45, 7) is 5.36. The maximum atomic E-state index is 13.1. The first-order valence-corrected chi connectivity index (χ1v) is 10.7. The highest BCUT2D eigenvalue weighted by Crippen LogP contribution is 2.47. The largest absolute Gasteiger partial charge is 0.338 e. The molecule has 0 aromatic carbocycles. The highest BCUT2D eigenvalue weighted by Gasteiger charge is 2.47. The molecule has 1 unspecified atom stereocenters. The summed E-state index contributed by atoms with van der Waals surface area (Å²) < 4.78 is 0. The molecule has 152 valence electrons. The number of imide groups is 1. The Kier molecular flexibility index (Phi) is 5.62. The second-order valence-corrected chi connectivity index (χ2v) is 8.56. The van der Waals surface area contributed by atoms with Crippen molar-refractivity contribution >= 4 is 17.8 Å². The Morgan fingerprint density at radius 1 is 1.00 bits per heavy atom. The van der Waals surface area contributed by atoms with Crippen LogP contribution in [0, 0.1) is 5.41 Å². The number of piperazine rings is 1. The van der Waals surface area contributed by atoms with Crippen molar-refractivity contribution in [1.29, 1.82) is 0 Å². The summed E-state index contributed by atoms with van der Waals surface area (Å²) in [4.78, 5) is 40.9. The maximum absolute atomic E-state index is 13.1. The van der Waals surface area contributed by atoms with Crippen LogP contribution in [0.1, 0.15) is 58.3 Å². The van der Waals surface area contributed by atoms with Crippen molar-refractivity contribution in [2.75, 3.05) is 31.1 Å². The molecule has 2 aliphatic heterocycles. The molecule has 1 aromatic rings. The van der Waals surface area contributed by atoms with Crippen LogP contribution in [0.2, 0.25) is 0 Å². The average Bonchev–Trinajstić information content (AvgIpc) is 3.15. The molecular weight excluding hydrogens is 354 g/mol. The molecule has 3 fully saturated rings. The van der Waals surface area contributed by atoms with Gasteiger partial charge in [0, 0.05) is 51.4 Å². The van der Waals surface area contributed by atoms with Gasteiger partial charge in [0.1, 0.15) is 0 Å². The fourth-order valence-corrected chi connectivity index (χ4v) is 5.23. The minimum Gasteiger partial charge on any atom is -0.338 e. The van der Waals surface area contributed by atoms with Crippen LogP contribution < -0.4 is 4.90 Å². The molecule has 4 rings (SSSR count). The Labute approximate surface area is 167 Å². The van der Waals surface area contributed by atoms with Gasteiger partial charge in [-0.3, -0.25) is 19.4 Å². The zero-order chi connectivity index (χ0) is 19.6. The van der Waals surface area contributed by atoms with Crippen molar-refractivity contribution in [2.24, 2.45) is 5.41 Å². The average molecular weight is 386 g/mol. The molecule has 2 amide bonds. The first-order chi connectivity index (χ1) is 13.6. The summed E-state index contributed by atoms with van der Waals surface area (Å²) in [5, 5.41) is 0. The normalized spacial score (nSPS) is 24.2. The SMILES string of the molecule is CCCC(N1CCN(c2ncccn2)CC1)N1C(=O)CC2(CCCC2)CC1=O. The van der Waals surface area contributed by atoms with Crippen LogP contribution in [0.3, 0.4) is 0 Å². The highest BCUT2D eigenvalue weighted by molar-refractivity contribution is 5.99. The lowest BCUT2D eigenvalue weighted by Gasteiger charge is -2.46. The van der Waals surface area contributed by atoms with Crippen LogP contribution in [0.5, 0.6) is 0 Å². The molecule has 1 aromatic heterocycles. The predicted molar refractivity (Wildman–Crippen MR) is 107 cm³/mol. The van der Waals surface area contributed by atoms with Gasteiger partial charge in [-0.1, -0.05) is 26.2 Å². The number of piperidine rings is 1. The second-order valence-electron chi connectivity index (χ2n) is 8.56. The third-order valence-electron chi connectivity index (χ3n) is 6.67. The Hall–Kier alpha value is -2.02. The molecule has 3 aliphatic rings. The summed E-state index contributed by atoms with van der Waals surface area (Å²) in [5.41, 5.74) is -0.0369. The lowest BCUT2D eigenvalue weighted by molar-refractivity contribution is -0.162. The number of anilines is 1. The van der Waals surface area contributed by atoms with Gasteiger partial charge >= 0.3 is 0 Å². The lowest BCUT2D eigenvalue weighted by atomic mass is 9.76. The first kappa shape index (κ1) is 19.3. The van der Waals surface area contributed by atoms with Gasteiger partial charge in [-0.25, -0.2) is 9.97 Å². The number of hydrogen-bond acceptors (Lipinski definition) is 6. The van der Waals surface area contributed by atoms with Gasteiger partial charge in [0.25, 0.3) is 0 Å². The molecule has 7 heteroatoms. The van der Waals surface area contributed by atoms with Crippen LogP contribution in [0.15, 0.2) is 18.5 Å². The van der Waals surface area contributed by atoms with Crippen molar-refractivity contribution in [2.45, 2.75) is 64.5 Å². The monoisotopic (exact) mass is 385 g/mol. The molecule has 1 atom stereocenters. The van der Waals surface area contributed by atoms with E-state index in [1.165, 1.54) is 0 Å². The number of carbonyl (C=O) groups is 2. The van der Waals surface area contributed by atoms with Gasteiger partial charge in [-0.05, 0) is 30.7 Å². The smallest absolute Gasteiger partial charge is 0.231 e. The first-order valence-electron chi connectivity index (χ1n) is 10.7. The summed E-state index contributed by atoms with van der Waals surface area (Å²) in [5.74, 6) is 0.846. The molecule has 0 radical (unpaired) electrons. The van der Waals surface area contributed by atoms with Gasteiger partial charge in [-0.15, -0.1) is 0 Å². The van der Waals surface area contributed by atoms with E-state index in [9.17, 15) is 9.59 Å². The fourth-order valence-electron chi connectivity index (χ4n) is 5.23. The Morgan fingerprint density at radius 2 is 1.61 bits per heavy atom. The zero-order valence-corrected chi connectivity index (χ0v) is 16.8. The Bertz CT molecular complexity index is 676. The van der Waals surface area contributed by atoms with Crippen molar-refractivity contribution in [3.63, 3.8) is 0 Å². The molecule has 0 N–H and O–H groups in total. The van der Waals surface area contributed by atoms with Gasteiger partial charge in [0.15, 0.2) is 0 Å². The predicted octanol–water partition coefficient (Wildman–Crippen LogP) is 2.43. The molecule has 1 spiro atoms. The van der Waals surface area contributed by atoms with Crippen LogP contribution >= 0.6 is 0 Å². The van der Waals surface area contributed by atoms with Gasteiger partial charge in [-0.2, -0.15) is 0 Å². The van der Waals surface area contributed by atoms with Crippen LogP contribution in [0.25, 0.3) is 0 Å². The quantitative estimate of drug-likeness (QED) is 0.725. The Morgan fingerprint density at radius 3 is 2.18 bits per heavy atom. The summed E-state index contributed by atoms with van der Waals surface area (Å²) in [7, 11) is 0. The van der Waals surface area contributed by atoms with E-state index in [2.05, 4.69) is 26.7 Å². The lowest BCUT2D eigenvalue weighted by Crippen LogP contribution is -2.61. The highest BCUT2D eigenvalue weighted by atomic mass is 16.2. The van der Waals surface area contributed by atoms with E-state index in [4.69, 9.17) is 0 Å². The van der Waals surface area contributed by atoms with Crippen molar-refractivity contribution in [1.82, 2.24) is 19.8 Å². The van der Waals surface area contributed by atoms with Crippen LogP contribution in [0.4, 0.5) is 5.95 Å². The van der Waals surface area contributed by atoms with E-state index in [1.54, 1.807) is 17.3 Å². The van der Waals surface area contributed by atoms with Gasteiger partial charge in [0.05, 0.1) is 6.17 Å². The van der Waals surface area contributed by atoms with Gasteiger partial charge < -0.3 is 4.90 Å². The maximum Gasteiger partial charge on any atom is 0.231 e. The number of hydrogen-bond donors (Lipinski definition) is 0. The molecule has 28 heavy (non-hydrogen) atoms. The van der Waals surface area contributed by atoms with Crippen molar-refractivity contribution in [3.8, 4) is 0 Å². The minimum absolute atomic E-state index is 0.0369. The molecular formula is C21H31N5O2. The number of aromatic nitrogens is 2.